The van der Waals surface area contributed by atoms with E-state index in [1.807, 2.05) is 27.7 Å². The Morgan fingerprint density at radius 3 is 1.76 bits per heavy atom. The van der Waals surface area contributed by atoms with Gasteiger partial charge in [-0.3, -0.25) is 0 Å². The number of hydrogen-bond donors (Lipinski definition) is 0. The summed E-state index contributed by atoms with van der Waals surface area (Å²) < 4.78 is 0. The predicted molar refractivity (Wildman–Crippen MR) is 94.1 cm³/mol. The van der Waals surface area contributed by atoms with Gasteiger partial charge >= 0.3 is 0 Å². The van der Waals surface area contributed by atoms with Crippen LogP contribution in [0.5, 0.6) is 0 Å². The van der Waals surface area contributed by atoms with Crippen molar-refractivity contribution < 1.29 is 0 Å². The van der Waals surface area contributed by atoms with Gasteiger partial charge in [0.25, 0.3) is 0 Å². The van der Waals surface area contributed by atoms with E-state index in [2.05, 4.69) is 37.3 Å². The molecule has 0 heterocycles. The van der Waals surface area contributed by atoms with Crippen molar-refractivity contribution in [1.29, 1.82) is 0 Å². The Kier molecular flexibility index (Phi) is 5.22. The molecule has 0 bridgehead atoms. The van der Waals surface area contributed by atoms with Crippen LogP contribution in [0.25, 0.3) is 11.1 Å². The summed E-state index contributed by atoms with van der Waals surface area (Å²) in [6.45, 7) is 10.3. The van der Waals surface area contributed by atoms with E-state index in [9.17, 15) is 0 Å². The van der Waals surface area contributed by atoms with Gasteiger partial charge in [-0.05, 0) is 71.6 Å². The van der Waals surface area contributed by atoms with E-state index in [-0.39, 0.29) is 0 Å². The molecule has 0 N–H and O–H groups in total. The molecule has 2 aromatic carbocycles. The molecular weight excluding hydrogens is 252 g/mol. The number of aryl methyl sites for hydroxylation is 4. The standard InChI is InChI=1S/C17H16.2C2H6/c1-11-5-6-14-8-7-12-3-2-4-13-9-10-15(11)17(14)16(12)13;2*1-2/h2-6H,7-10H2,1H3;2*1-2H3. The molecule has 4 rings (SSSR count). The van der Waals surface area contributed by atoms with Gasteiger partial charge in [0.15, 0.2) is 0 Å². The quantitative estimate of drug-likeness (QED) is 0.562. The smallest absolute Gasteiger partial charge is 0.0111 e. The normalized spacial score (nSPS) is 13.2. The first kappa shape index (κ1) is 15.8. The van der Waals surface area contributed by atoms with E-state index >= 15 is 0 Å². The minimum absolute atomic E-state index is 1.22. The zero-order valence-corrected chi connectivity index (χ0v) is 14.2. The number of benzene rings is 2. The fraction of sp³-hybridized carbons (Fsp3) is 0.429. The van der Waals surface area contributed by atoms with Crippen molar-refractivity contribution in [3.63, 3.8) is 0 Å². The fourth-order valence-electron chi connectivity index (χ4n) is 3.56. The van der Waals surface area contributed by atoms with Crippen molar-refractivity contribution in [1.82, 2.24) is 0 Å². The molecule has 21 heavy (non-hydrogen) atoms. The van der Waals surface area contributed by atoms with Crippen LogP contribution in [-0.2, 0) is 25.7 Å². The van der Waals surface area contributed by atoms with Crippen LogP contribution in [0.2, 0.25) is 0 Å². The molecular formula is C21H28. The second kappa shape index (κ2) is 6.93. The van der Waals surface area contributed by atoms with Crippen molar-refractivity contribution in [3.8, 4) is 11.1 Å². The molecule has 0 nitrogen and oxygen atoms in total. The third kappa shape index (κ3) is 2.64. The number of rotatable bonds is 0. The van der Waals surface area contributed by atoms with Crippen LogP contribution < -0.4 is 0 Å². The van der Waals surface area contributed by atoms with Crippen LogP contribution in [0.15, 0.2) is 30.3 Å². The van der Waals surface area contributed by atoms with E-state index in [1.165, 1.54) is 31.2 Å². The first-order valence-electron chi connectivity index (χ1n) is 8.57. The van der Waals surface area contributed by atoms with Crippen LogP contribution in [-0.4, -0.2) is 0 Å². The SMILES string of the molecule is CC.CC.Cc1ccc2c3c1CCc1cccc(c1-3)CC2. The van der Waals surface area contributed by atoms with Crippen LogP contribution >= 0.6 is 0 Å². The van der Waals surface area contributed by atoms with E-state index in [4.69, 9.17) is 0 Å². The molecule has 0 saturated heterocycles. The molecule has 0 unspecified atom stereocenters. The minimum Gasteiger partial charge on any atom is -0.0683 e. The number of hydrogen-bond acceptors (Lipinski definition) is 0. The van der Waals surface area contributed by atoms with E-state index in [1.54, 1.807) is 33.4 Å². The van der Waals surface area contributed by atoms with Crippen LogP contribution in [0, 0.1) is 6.92 Å². The predicted octanol–water partition coefficient (Wildman–Crippen LogP) is 5.91. The molecule has 0 atom stereocenters. The van der Waals surface area contributed by atoms with Gasteiger partial charge in [-0.15, -0.1) is 0 Å². The van der Waals surface area contributed by atoms with Gasteiger partial charge in [0.05, 0.1) is 0 Å². The maximum atomic E-state index is 2.35. The first-order valence-corrected chi connectivity index (χ1v) is 8.57. The summed E-state index contributed by atoms with van der Waals surface area (Å²) >= 11 is 0. The van der Waals surface area contributed by atoms with Crippen molar-refractivity contribution in [2.24, 2.45) is 0 Å². The Labute approximate surface area is 130 Å². The lowest BCUT2D eigenvalue weighted by Gasteiger charge is -2.30. The molecule has 0 aliphatic heterocycles. The summed E-state index contributed by atoms with van der Waals surface area (Å²) in [5.41, 5.74) is 11.0. The largest absolute Gasteiger partial charge is 0.0683 e. The van der Waals surface area contributed by atoms with Gasteiger partial charge in [0.2, 0.25) is 0 Å². The van der Waals surface area contributed by atoms with Crippen LogP contribution in [0.3, 0.4) is 0 Å². The van der Waals surface area contributed by atoms with E-state index in [0.29, 0.717) is 0 Å². The molecule has 0 heteroatoms. The lowest BCUT2D eigenvalue weighted by atomic mass is 9.74. The summed E-state index contributed by atoms with van der Waals surface area (Å²) in [7, 11) is 0. The average Bonchev–Trinajstić information content (AvgIpc) is 2.58. The van der Waals surface area contributed by atoms with Gasteiger partial charge in [0.1, 0.15) is 0 Å². The Balaban J connectivity index is 0.000000374. The average molecular weight is 280 g/mol. The highest BCUT2D eigenvalue weighted by Crippen LogP contribution is 2.43. The summed E-state index contributed by atoms with van der Waals surface area (Å²) in [5, 5.41) is 0. The van der Waals surface area contributed by atoms with Crippen molar-refractivity contribution in [2.45, 2.75) is 60.3 Å². The molecule has 0 saturated carbocycles. The molecule has 0 amide bonds. The van der Waals surface area contributed by atoms with Crippen LogP contribution in [0.4, 0.5) is 0 Å². The minimum atomic E-state index is 1.22. The van der Waals surface area contributed by atoms with Gasteiger partial charge in [-0.2, -0.15) is 0 Å². The van der Waals surface area contributed by atoms with E-state index in [0.717, 1.165) is 0 Å². The lowest BCUT2D eigenvalue weighted by Crippen LogP contribution is -2.14. The third-order valence-electron chi connectivity index (χ3n) is 4.43. The second-order valence-electron chi connectivity index (χ2n) is 5.35. The van der Waals surface area contributed by atoms with Gasteiger partial charge in [-0.1, -0.05) is 58.0 Å². The zero-order chi connectivity index (χ0) is 15.4. The van der Waals surface area contributed by atoms with Gasteiger partial charge < -0.3 is 0 Å². The maximum absolute atomic E-state index is 2.35. The first-order chi connectivity index (χ1) is 10.3. The Hall–Kier alpha value is -1.56. The molecule has 112 valence electrons. The third-order valence-corrected chi connectivity index (χ3v) is 4.43. The lowest BCUT2D eigenvalue weighted by molar-refractivity contribution is 0.870. The van der Waals surface area contributed by atoms with Gasteiger partial charge in [-0.25, -0.2) is 0 Å². The highest BCUT2D eigenvalue weighted by Gasteiger charge is 2.25. The summed E-state index contributed by atoms with van der Waals surface area (Å²) in [5.74, 6) is 0. The summed E-state index contributed by atoms with van der Waals surface area (Å²) in [4.78, 5) is 0. The zero-order valence-electron chi connectivity index (χ0n) is 14.2. The van der Waals surface area contributed by atoms with Crippen molar-refractivity contribution in [2.75, 3.05) is 0 Å². The summed E-state index contributed by atoms with van der Waals surface area (Å²) in [6.07, 6.45) is 4.89. The highest BCUT2D eigenvalue weighted by molar-refractivity contribution is 5.81. The molecule has 0 fully saturated rings. The fourth-order valence-corrected chi connectivity index (χ4v) is 3.56. The molecule has 2 aliphatic rings. The van der Waals surface area contributed by atoms with Crippen molar-refractivity contribution in [3.05, 3.63) is 58.1 Å². The summed E-state index contributed by atoms with van der Waals surface area (Å²) in [6, 6.07) is 11.5. The second-order valence-corrected chi connectivity index (χ2v) is 5.35. The maximum Gasteiger partial charge on any atom is -0.0111 e. The topological polar surface area (TPSA) is 0 Å². The molecule has 0 spiro atoms. The Morgan fingerprint density at radius 1 is 0.619 bits per heavy atom. The molecule has 2 aliphatic carbocycles. The van der Waals surface area contributed by atoms with E-state index < -0.39 is 0 Å². The Morgan fingerprint density at radius 2 is 1.14 bits per heavy atom. The van der Waals surface area contributed by atoms with Gasteiger partial charge in [0, 0.05) is 0 Å². The highest BCUT2D eigenvalue weighted by atomic mass is 14.3. The van der Waals surface area contributed by atoms with Crippen LogP contribution in [0.1, 0.15) is 55.5 Å². The molecule has 2 aromatic rings. The van der Waals surface area contributed by atoms with Crippen molar-refractivity contribution >= 4 is 0 Å². The Bertz CT molecular complexity index is 606. The molecule has 0 aromatic heterocycles. The molecule has 0 radical (unpaired) electrons. The monoisotopic (exact) mass is 280 g/mol.